The summed E-state index contributed by atoms with van der Waals surface area (Å²) >= 11 is 0. The zero-order valence-corrected chi connectivity index (χ0v) is 21.7. The van der Waals surface area contributed by atoms with Crippen molar-refractivity contribution in [2.75, 3.05) is 35.8 Å². The summed E-state index contributed by atoms with van der Waals surface area (Å²) in [4.78, 5) is 61.3. The fraction of sp³-hybridized carbons (Fsp3) is 0.423. The second-order valence-corrected chi connectivity index (χ2v) is 10.6. The molecule has 1 aromatic carbocycles. The van der Waals surface area contributed by atoms with Gasteiger partial charge in [-0.1, -0.05) is 19.9 Å². The summed E-state index contributed by atoms with van der Waals surface area (Å²) in [7, 11) is 3.25. The molecule has 2 aliphatic heterocycles. The third-order valence-electron chi connectivity index (χ3n) is 6.82. The lowest BCUT2D eigenvalue weighted by Crippen LogP contribution is -2.43. The lowest BCUT2D eigenvalue weighted by Gasteiger charge is -2.27. The first-order chi connectivity index (χ1) is 16.7. The van der Waals surface area contributed by atoms with Crippen molar-refractivity contribution in [2.24, 2.45) is 0 Å². The molecule has 0 atom stereocenters. The molecule has 36 heavy (non-hydrogen) atoms. The molecule has 1 saturated heterocycles. The third kappa shape index (κ3) is 4.16. The van der Waals surface area contributed by atoms with Crippen LogP contribution in [-0.4, -0.2) is 64.8 Å². The van der Waals surface area contributed by atoms with E-state index in [1.807, 2.05) is 6.07 Å². The van der Waals surface area contributed by atoms with E-state index in [4.69, 9.17) is 0 Å². The summed E-state index contributed by atoms with van der Waals surface area (Å²) in [5, 5.41) is 2.69. The van der Waals surface area contributed by atoms with Crippen LogP contribution in [0.1, 0.15) is 45.7 Å². The number of amides is 6. The van der Waals surface area contributed by atoms with Crippen LogP contribution in [0.5, 0.6) is 0 Å². The Morgan fingerprint density at radius 2 is 1.78 bits per heavy atom. The van der Waals surface area contributed by atoms with E-state index in [2.05, 4.69) is 24.1 Å². The Morgan fingerprint density at radius 3 is 2.42 bits per heavy atom. The summed E-state index contributed by atoms with van der Waals surface area (Å²) in [5.41, 5.74) is 1.53. The Balaban J connectivity index is 1.64. The molecule has 2 aliphatic rings. The minimum absolute atomic E-state index is 0.0881. The Hall–Kier alpha value is -3.95. The standard InChI is InChI=1S/C26H32N6O4/c1-16(33)30-15-25(2,3)19-9-8-18(13-20(19)30)32-22(34)26(4,5)31(24(32)36)14-17-10-11-27-21(12-17)28-23(35)29(6)7/h8-13H,14-15H2,1-7H3,(H,27,28,35). The van der Waals surface area contributed by atoms with Crippen molar-refractivity contribution in [3.63, 3.8) is 0 Å². The van der Waals surface area contributed by atoms with Gasteiger partial charge in [-0.05, 0) is 49.2 Å². The molecule has 1 N–H and O–H groups in total. The van der Waals surface area contributed by atoms with Crippen LogP contribution in [0.3, 0.4) is 0 Å². The van der Waals surface area contributed by atoms with E-state index in [-0.39, 0.29) is 29.8 Å². The summed E-state index contributed by atoms with van der Waals surface area (Å²) in [6.07, 6.45) is 1.55. The van der Waals surface area contributed by atoms with Crippen molar-refractivity contribution in [1.82, 2.24) is 14.8 Å². The Kier molecular flexibility index (Phi) is 6.02. The van der Waals surface area contributed by atoms with Crippen LogP contribution in [0, 0.1) is 0 Å². The van der Waals surface area contributed by atoms with Gasteiger partial charge in [-0.15, -0.1) is 0 Å². The van der Waals surface area contributed by atoms with Gasteiger partial charge in [0.1, 0.15) is 11.4 Å². The minimum atomic E-state index is -1.11. The normalized spacial score (nSPS) is 17.9. The van der Waals surface area contributed by atoms with Crippen LogP contribution in [0.2, 0.25) is 0 Å². The molecule has 6 amide bonds. The van der Waals surface area contributed by atoms with Crippen molar-refractivity contribution in [1.29, 1.82) is 0 Å². The van der Waals surface area contributed by atoms with E-state index in [1.54, 1.807) is 63.3 Å². The molecule has 1 aromatic heterocycles. The number of benzene rings is 1. The number of carbonyl (C=O) groups is 4. The number of carbonyl (C=O) groups excluding carboxylic acids is 4. The lowest BCUT2D eigenvalue weighted by molar-refractivity contribution is -0.123. The van der Waals surface area contributed by atoms with Gasteiger partial charge in [0.2, 0.25) is 5.91 Å². The molecule has 0 bridgehead atoms. The highest BCUT2D eigenvalue weighted by Crippen LogP contribution is 2.43. The van der Waals surface area contributed by atoms with Gasteiger partial charge in [0.05, 0.1) is 5.69 Å². The van der Waals surface area contributed by atoms with Gasteiger partial charge in [-0.2, -0.15) is 0 Å². The maximum atomic E-state index is 13.6. The van der Waals surface area contributed by atoms with Crippen LogP contribution < -0.4 is 15.1 Å². The predicted molar refractivity (Wildman–Crippen MR) is 137 cm³/mol. The van der Waals surface area contributed by atoms with Crippen LogP contribution in [0.25, 0.3) is 0 Å². The van der Waals surface area contributed by atoms with Gasteiger partial charge < -0.3 is 14.7 Å². The van der Waals surface area contributed by atoms with Gasteiger partial charge in [0, 0.05) is 51.4 Å². The molecular weight excluding hydrogens is 460 g/mol. The van der Waals surface area contributed by atoms with Crippen LogP contribution >= 0.6 is 0 Å². The van der Waals surface area contributed by atoms with Crippen molar-refractivity contribution in [3.05, 3.63) is 47.7 Å². The van der Waals surface area contributed by atoms with E-state index in [0.717, 1.165) is 11.3 Å². The van der Waals surface area contributed by atoms with E-state index in [1.165, 1.54) is 21.6 Å². The fourth-order valence-corrected chi connectivity index (χ4v) is 4.67. The second kappa shape index (κ2) is 8.61. The zero-order valence-electron chi connectivity index (χ0n) is 21.7. The van der Waals surface area contributed by atoms with E-state index in [0.29, 0.717) is 23.6 Å². The highest BCUT2D eigenvalue weighted by Gasteiger charge is 2.52. The molecular formula is C26H32N6O4. The first-order valence-electron chi connectivity index (χ1n) is 11.8. The van der Waals surface area contributed by atoms with E-state index >= 15 is 0 Å². The maximum Gasteiger partial charge on any atom is 0.332 e. The predicted octanol–water partition coefficient (Wildman–Crippen LogP) is 3.57. The number of hydrogen-bond donors (Lipinski definition) is 1. The molecule has 0 aliphatic carbocycles. The Labute approximate surface area is 210 Å². The van der Waals surface area contributed by atoms with Crippen LogP contribution in [0.4, 0.5) is 26.8 Å². The Morgan fingerprint density at radius 1 is 1.08 bits per heavy atom. The number of aromatic nitrogens is 1. The average molecular weight is 493 g/mol. The van der Waals surface area contributed by atoms with Crippen molar-refractivity contribution < 1.29 is 19.2 Å². The number of fused-ring (bicyclic) bond motifs is 1. The van der Waals surface area contributed by atoms with E-state index in [9.17, 15) is 19.2 Å². The first kappa shape index (κ1) is 25.2. The number of rotatable bonds is 4. The lowest BCUT2D eigenvalue weighted by atomic mass is 9.87. The maximum absolute atomic E-state index is 13.6. The topological polar surface area (TPSA) is 106 Å². The summed E-state index contributed by atoms with van der Waals surface area (Å²) in [6, 6.07) is 8.06. The summed E-state index contributed by atoms with van der Waals surface area (Å²) in [5.74, 6) is -0.0893. The second-order valence-electron chi connectivity index (χ2n) is 10.6. The first-order valence-corrected chi connectivity index (χ1v) is 11.8. The SMILES string of the molecule is CC(=O)N1CC(C)(C)c2ccc(N3C(=O)N(Cc4ccnc(NC(=O)N(C)C)c4)C(C)(C)C3=O)cc21. The highest BCUT2D eigenvalue weighted by molar-refractivity contribution is 6.23. The molecule has 10 heteroatoms. The number of urea groups is 2. The number of nitrogens with one attached hydrogen (secondary N) is 1. The zero-order chi connectivity index (χ0) is 26.6. The van der Waals surface area contributed by atoms with Crippen LogP contribution in [0.15, 0.2) is 36.5 Å². The van der Waals surface area contributed by atoms with Gasteiger partial charge >= 0.3 is 12.1 Å². The minimum Gasteiger partial charge on any atom is -0.331 e. The molecule has 0 radical (unpaired) electrons. The molecule has 10 nitrogen and oxygen atoms in total. The number of imide groups is 1. The van der Waals surface area contributed by atoms with Crippen molar-refractivity contribution >= 4 is 41.1 Å². The van der Waals surface area contributed by atoms with Crippen molar-refractivity contribution in [3.8, 4) is 0 Å². The monoisotopic (exact) mass is 492 g/mol. The quantitative estimate of drug-likeness (QED) is 0.657. The number of pyridine rings is 1. The van der Waals surface area contributed by atoms with Gasteiger partial charge in [-0.25, -0.2) is 19.5 Å². The van der Waals surface area contributed by atoms with Crippen LogP contribution in [-0.2, 0) is 21.5 Å². The fourth-order valence-electron chi connectivity index (χ4n) is 4.67. The molecule has 4 rings (SSSR count). The molecule has 2 aromatic rings. The third-order valence-corrected chi connectivity index (χ3v) is 6.82. The number of anilines is 3. The van der Waals surface area contributed by atoms with Crippen molar-refractivity contribution in [2.45, 2.75) is 52.1 Å². The molecule has 190 valence electrons. The largest absolute Gasteiger partial charge is 0.332 e. The van der Waals surface area contributed by atoms with Gasteiger partial charge in [0.15, 0.2) is 0 Å². The number of hydrogen-bond acceptors (Lipinski definition) is 5. The van der Waals surface area contributed by atoms with Gasteiger partial charge in [-0.3, -0.25) is 14.9 Å². The van der Waals surface area contributed by atoms with Gasteiger partial charge in [0.25, 0.3) is 5.91 Å². The smallest absolute Gasteiger partial charge is 0.331 e. The average Bonchev–Trinajstić information content (AvgIpc) is 3.16. The molecule has 0 unspecified atom stereocenters. The molecule has 0 saturated carbocycles. The number of nitrogens with zero attached hydrogens (tertiary/aromatic N) is 5. The molecule has 0 spiro atoms. The molecule has 3 heterocycles. The molecule has 1 fully saturated rings. The summed E-state index contributed by atoms with van der Waals surface area (Å²) < 4.78 is 0. The van der Waals surface area contributed by atoms with E-state index < -0.39 is 11.6 Å². The summed E-state index contributed by atoms with van der Waals surface area (Å²) in [6.45, 7) is 9.75. The highest BCUT2D eigenvalue weighted by atomic mass is 16.2. The Bertz CT molecular complexity index is 1270.